The first kappa shape index (κ1) is 18.5. The van der Waals surface area contributed by atoms with Gasteiger partial charge in [0.05, 0.1) is 0 Å². The van der Waals surface area contributed by atoms with Crippen molar-refractivity contribution in [3.8, 4) is 0 Å². The highest BCUT2D eigenvalue weighted by molar-refractivity contribution is 5.74. The molecule has 0 atom stereocenters. The van der Waals surface area contributed by atoms with E-state index in [2.05, 4.69) is 45.9 Å². The van der Waals surface area contributed by atoms with Crippen molar-refractivity contribution in [1.29, 1.82) is 0 Å². The van der Waals surface area contributed by atoms with Gasteiger partial charge >= 0.3 is 6.03 Å². The van der Waals surface area contributed by atoms with Gasteiger partial charge in [-0.2, -0.15) is 0 Å². The zero-order valence-electron chi connectivity index (χ0n) is 17.0. The summed E-state index contributed by atoms with van der Waals surface area (Å²) < 4.78 is 0. The van der Waals surface area contributed by atoms with Crippen molar-refractivity contribution < 1.29 is 4.79 Å². The summed E-state index contributed by atoms with van der Waals surface area (Å²) >= 11 is 0. The van der Waals surface area contributed by atoms with Gasteiger partial charge in [0.25, 0.3) is 0 Å². The normalized spacial score (nSPS) is 35.1. The molecule has 4 bridgehead atoms. The molecule has 1 saturated heterocycles. The van der Waals surface area contributed by atoms with Crippen LogP contribution in [-0.4, -0.2) is 36.6 Å². The number of rotatable bonds is 5. The number of hydrogen-bond acceptors (Lipinski definition) is 2. The van der Waals surface area contributed by atoms with Crippen molar-refractivity contribution in [2.24, 2.45) is 23.2 Å². The molecule has 2 amide bonds. The van der Waals surface area contributed by atoms with Gasteiger partial charge in [0.1, 0.15) is 0 Å². The van der Waals surface area contributed by atoms with Crippen LogP contribution in [-0.2, 0) is 6.54 Å². The SMILES string of the molecule is O=C(NCC12CC3CC(CC(C3)C1)C2)NC1CCN(Cc2ccccc2)CC1. The van der Waals surface area contributed by atoms with Crippen LogP contribution in [0.5, 0.6) is 0 Å². The van der Waals surface area contributed by atoms with E-state index < -0.39 is 0 Å². The van der Waals surface area contributed by atoms with Crippen molar-refractivity contribution >= 4 is 6.03 Å². The van der Waals surface area contributed by atoms with Crippen LogP contribution >= 0.6 is 0 Å². The number of urea groups is 1. The van der Waals surface area contributed by atoms with Crippen LogP contribution in [0.15, 0.2) is 30.3 Å². The molecule has 0 aromatic heterocycles. The lowest BCUT2D eigenvalue weighted by Gasteiger charge is -2.56. The van der Waals surface area contributed by atoms with Crippen LogP contribution in [0.25, 0.3) is 0 Å². The molecule has 0 spiro atoms. The number of carbonyl (C=O) groups excluding carboxylic acids is 1. The Hall–Kier alpha value is -1.55. The zero-order chi connectivity index (χ0) is 19.0. The number of nitrogens with zero attached hydrogens (tertiary/aromatic N) is 1. The predicted octanol–water partition coefficient (Wildman–Crippen LogP) is 4.17. The highest BCUT2D eigenvalue weighted by Gasteiger charge is 2.50. The van der Waals surface area contributed by atoms with Crippen LogP contribution in [0.4, 0.5) is 4.79 Å². The molecule has 4 saturated carbocycles. The minimum atomic E-state index is 0.0669. The minimum Gasteiger partial charge on any atom is -0.338 e. The van der Waals surface area contributed by atoms with Gasteiger partial charge in [-0.15, -0.1) is 0 Å². The average molecular weight is 382 g/mol. The van der Waals surface area contributed by atoms with Crippen molar-refractivity contribution in [3.05, 3.63) is 35.9 Å². The van der Waals surface area contributed by atoms with Crippen LogP contribution < -0.4 is 10.6 Å². The number of piperidine rings is 1. The van der Waals surface area contributed by atoms with Crippen molar-refractivity contribution in [2.45, 2.75) is 64.0 Å². The number of benzene rings is 1. The quantitative estimate of drug-likeness (QED) is 0.804. The molecule has 28 heavy (non-hydrogen) atoms. The van der Waals surface area contributed by atoms with Gasteiger partial charge in [0.15, 0.2) is 0 Å². The van der Waals surface area contributed by atoms with Crippen molar-refractivity contribution in [1.82, 2.24) is 15.5 Å². The molecule has 5 fully saturated rings. The molecule has 1 heterocycles. The Kier molecular flexibility index (Phi) is 5.08. The Morgan fingerprint density at radius 1 is 0.964 bits per heavy atom. The van der Waals surface area contributed by atoms with E-state index in [1.54, 1.807) is 0 Å². The summed E-state index contributed by atoms with van der Waals surface area (Å²) in [7, 11) is 0. The summed E-state index contributed by atoms with van der Waals surface area (Å²) in [6.07, 6.45) is 10.6. The molecule has 1 aliphatic heterocycles. The van der Waals surface area contributed by atoms with E-state index in [1.165, 1.54) is 44.1 Å². The third kappa shape index (κ3) is 4.07. The third-order valence-corrected chi connectivity index (χ3v) is 7.96. The Morgan fingerprint density at radius 3 is 2.18 bits per heavy atom. The lowest BCUT2D eigenvalue weighted by Crippen LogP contribution is -2.54. The highest BCUT2D eigenvalue weighted by Crippen LogP contribution is 2.59. The van der Waals surface area contributed by atoms with E-state index in [-0.39, 0.29) is 6.03 Å². The summed E-state index contributed by atoms with van der Waals surface area (Å²) in [6.45, 7) is 4.05. The average Bonchev–Trinajstić information content (AvgIpc) is 2.68. The number of hydrogen-bond donors (Lipinski definition) is 2. The minimum absolute atomic E-state index is 0.0669. The molecular formula is C24H35N3O. The van der Waals surface area contributed by atoms with Crippen LogP contribution in [0.1, 0.15) is 56.9 Å². The first-order valence-electron chi connectivity index (χ1n) is 11.5. The molecule has 152 valence electrons. The Balaban J connectivity index is 1.05. The van der Waals surface area contributed by atoms with Gasteiger partial charge in [-0.25, -0.2) is 4.79 Å². The van der Waals surface area contributed by atoms with E-state index in [0.717, 1.165) is 56.8 Å². The number of amides is 2. The molecule has 1 aromatic carbocycles. The largest absolute Gasteiger partial charge is 0.338 e. The Labute approximate surface area is 169 Å². The summed E-state index contributed by atoms with van der Waals surface area (Å²) in [5.74, 6) is 2.85. The number of nitrogens with one attached hydrogen (secondary N) is 2. The molecule has 0 radical (unpaired) electrons. The first-order valence-corrected chi connectivity index (χ1v) is 11.5. The Morgan fingerprint density at radius 2 is 1.57 bits per heavy atom. The van der Waals surface area contributed by atoms with E-state index in [0.29, 0.717) is 11.5 Å². The molecule has 2 N–H and O–H groups in total. The standard InChI is InChI=1S/C24H35N3O/c28-23(25-17-24-13-19-10-20(14-24)12-21(11-19)15-24)26-22-6-8-27(9-7-22)16-18-4-2-1-3-5-18/h1-5,19-22H,6-17H2,(H2,25,26,28). The fraction of sp³-hybridized carbons (Fsp3) is 0.708. The lowest BCUT2D eigenvalue weighted by molar-refractivity contribution is -0.0498. The second kappa shape index (κ2) is 7.70. The fourth-order valence-electron chi connectivity index (χ4n) is 7.09. The molecule has 4 nitrogen and oxygen atoms in total. The van der Waals surface area contributed by atoms with Gasteiger partial charge < -0.3 is 10.6 Å². The molecule has 5 aliphatic rings. The fourth-order valence-corrected chi connectivity index (χ4v) is 7.09. The van der Waals surface area contributed by atoms with Gasteiger partial charge in [-0.05, 0) is 80.1 Å². The maximum absolute atomic E-state index is 12.5. The van der Waals surface area contributed by atoms with E-state index >= 15 is 0 Å². The summed E-state index contributed by atoms with van der Waals surface area (Å²) in [5.41, 5.74) is 1.80. The van der Waals surface area contributed by atoms with Crippen LogP contribution in [0.2, 0.25) is 0 Å². The number of carbonyl (C=O) groups is 1. The van der Waals surface area contributed by atoms with Gasteiger partial charge in [-0.1, -0.05) is 30.3 Å². The second-order valence-electron chi connectivity index (χ2n) is 10.3. The van der Waals surface area contributed by atoms with Crippen molar-refractivity contribution in [2.75, 3.05) is 19.6 Å². The maximum atomic E-state index is 12.5. The number of likely N-dealkylation sites (tertiary alicyclic amines) is 1. The molecule has 1 aromatic rings. The molecular weight excluding hydrogens is 346 g/mol. The van der Waals surface area contributed by atoms with Crippen LogP contribution in [0.3, 0.4) is 0 Å². The Bertz CT molecular complexity index is 645. The summed E-state index contributed by atoms with van der Waals surface area (Å²) in [6, 6.07) is 11.1. The first-order chi connectivity index (χ1) is 13.7. The van der Waals surface area contributed by atoms with Crippen LogP contribution in [0, 0.1) is 23.2 Å². The van der Waals surface area contributed by atoms with Crippen molar-refractivity contribution in [3.63, 3.8) is 0 Å². The van der Waals surface area contributed by atoms with E-state index in [4.69, 9.17) is 0 Å². The smallest absolute Gasteiger partial charge is 0.315 e. The van der Waals surface area contributed by atoms with Gasteiger partial charge in [0.2, 0.25) is 0 Å². The third-order valence-electron chi connectivity index (χ3n) is 7.96. The summed E-state index contributed by atoms with van der Waals surface area (Å²) in [5, 5.41) is 6.53. The molecule has 4 aliphatic carbocycles. The zero-order valence-corrected chi connectivity index (χ0v) is 17.0. The highest BCUT2D eigenvalue weighted by atomic mass is 16.2. The molecule has 6 rings (SSSR count). The van der Waals surface area contributed by atoms with Gasteiger partial charge in [0, 0.05) is 32.2 Å². The van der Waals surface area contributed by atoms with E-state index in [1.807, 2.05) is 0 Å². The molecule has 0 unspecified atom stereocenters. The maximum Gasteiger partial charge on any atom is 0.315 e. The second-order valence-corrected chi connectivity index (χ2v) is 10.3. The predicted molar refractivity (Wildman–Crippen MR) is 112 cm³/mol. The molecule has 4 heteroatoms. The monoisotopic (exact) mass is 381 g/mol. The topological polar surface area (TPSA) is 44.4 Å². The van der Waals surface area contributed by atoms with Gasteiger partial charge in [-0.3, -0.25) is 4.90 Å². The summed E-state index contributed by atoms with van der Waals surface area (Å²) in [4.78, 5) is 15.0. The van der Waals surface area contributed by atoms with E-state index in [9.17, 15) is 4.79 Å². The lowest BCUT2D eigenvalue weighted by atomic mass is 9.49.